The first-order valence-corrected chi connectivity index (χ1v) is 7.50. The van der Waals surface area contributed by atoms with Crippen LogP contribution >= 0.6 is 23.2 Å². The lowest BCUT2D eigenvalue weighted by molar-refractivity contribution is -0.142. The second-order valence-electron chi connectivity index (χ2n) is 6.04. The molecule has 2 rings (SSSR count). The molecule has 0 heterocycles. The Labute approximate surface area is 130 Å². The number of terminal acetylenes is 1. The molecule has 0 aliphatic heterocycles. The van der Waals surface area contributed by atoms with Gasteiger partial charge in [-0.1, -0.05) is 37.0 Å². The molecule has 0 bridgehead atoms. The predicted octanol–water partition coefficient (Wildman–Crippen LogP) is 4.44. The Kier molecular flexibility index (Phi) is 4.52. The molecule has 0 N–H and O–H groups in total. The number of esters is 1. The second-order valence-corrected chi connectivity index (χ2v) is 7.05. The van der Waals surface area contributed by atoms with Crippen LogP contribution in [0.5, 0.6) is 0 Å². The van der Waals surface area contributed by atoms with Crippen LogP contribution in [0.15, 0.2) is 22.4 Å². The van der Waals surface area contributed by atoms with Crippen LogP contribution in [-0.4, -0.2) is 5.97 Å². The van der Waals surface area contributed by atoms with Gasteiger partial charge in [0.05, 0.1) is 5.92 Å². The molecule has 0 amide bonds. The fourth-order valence-electron chi connectivity index (χ4n) is 2.92. The maximum atomic E-state index is 12.2. The Morgan fingerprint density at radius 2 is 2.30 bits per heavy atom. The van der Waals surface area contributed by atoms with Crippen LogP contribution in [0.4, 0.5) is 0 Å². The number of carbonyl (C=O) groups is 1. The lowest BCUT2D eigenvalue weighted by atomic mass is 10.1. The summed E-state index contributed by atoms with van der Waals surface area (Å²) in [5.74, 6) is 3.39. The van der Waals surface area contributed by atoms with Gasteiger partial charge in [-0.2, -0.15) is 0 Å². The largest absolute Gasteiger partial charge is 0.431 e. The van der Waals surface area contributed by atoms with Gasteiger partial charge in [0.15, 0.2) is 0 Å². The van der Waals surface area contributed by atoms with E-state index in [0.29, 0.717) is 12.3 Å². The maximum Gasteiger partial charge on any atom is 0.315 e. The number of halogens is 2. The SMILES string of the molecule is C#CCC1C=C(OC(=O)[C@@H]2[C@@H](C=C(Cl)Cl)C2(C)C)CC1. The first-order valence-electron chi connectivity index (χ1n) is 6.75. The van der Waals surface area contributed by atoms with Gasteiger partial charge in [0, 0.05) is 12.8 Å². The molecule has 3 atom stereocenters. The maximum absolute atomic E-state index is 12.2. The summed E-state index contributed by atoms with van der Waals surface area (Å²) in [6, 6.07) is 0. The minimum absolute atomic E-state index is 0.0449. The van der Waals surface area contributed by atoms with Gasteiger partial charge in [0.2, 0.25) is 0 Å². The molecule has 2 aliphatic carbocycles. The lowest BCUT2D eigenvalue weighted by Gasteiger charge is -2.05. The van der Waals surface area contributed by atoms with Crippen molar-refractivity contribution < 1.29 is 9.53 Å². The molecule has 2 nitrogen and oxygen atoms in total. The molecule has 108 valence electrons. The summed E-state index contributed by atoms with van der Waals surface area (Å²) in [7, 11) is 0. The number of rotatable bonds is 4. The first-order chi connectivity index (χ1) is 9.36. The van der Waals surface area contributed by atoms with Crippen LogP contribution < -0.4 is 0 Å². The van der Waals surface area contributed by atoms with Gasteiger partial charge < -0.3 is 4.74 Å². The summed E-state index contributed by atoms with van der Waals surface area (Å²) in [5.41, 5.74) is -0.149. The summed E-state index contributed by atoms with van der Waals surface area (Å²) in [5, 5.41) is 0. The summed E-state index contributed by atoms with van der Waals surface area (Å²) in [4.78, 5) is 12.2. The van der Waals surface area contributed by atoms with E-state index in [0.717, 1.165) is 18.6 Å². The molecule has 0 saturated heterocycles. The fraction of sp³-hybridized carbons (Fsp3) is 0.562. The van der Waals surface area contributed by atoms with Crippen LogP contribution in [0.2, 0.25) is 0 Å². The highest BCUT2D eigenvalue weighted by Crippen LogP contribution is 2.60. The van der Waals surface area contributed by atoms with Crippen molar-refractivity contribution in [3.63, 3.8) is 0 Å². The molecule has 0 radical (unpaired) electrons. The Hall–Kier alpha value is -0.910. The number of carbonyl (C=O) groups excluding carboxylic acids is 1. The second kappa shape index (κ2) is 5.84. The van der Waals surface area contributed by atoms with Crippen molar-refractivity contribution in [1.82, 2.24) is 0 Å². The zero-order valence-corrected chi connectivity index (χ0v) is 13.2. The van der Waals surface area contributed by atoms with E-state index < -0.39 is 0 Å². The third-order valence-electron chi connectivity index (χ3n) is 4.27. The lowest BCUT2D eigenvalue weighted by Crippen LogP contribution is -2.09. The highest BCUT2D eigenvalue weighted by molar-refractivity contribution is 6.55. The summed E-state index contributed by atoms with van der Waals surface area (Å²) >= 11 is 11.4. The number of allylic oxidation sites excluding steroid dienone is 3. The molecular formula is C16H18Cl2O2. The molecule has 1 fully saturated rings. The van der Waals surface area contributed by atoms with Crippen molar-refractivity contribution in [3.05, 3.63) is 22.4 Å². The normalized spacial score (nSPS) is 30.1. The van der Waals surface area contributed by atoms with Crippen LogP contribution in [0.3, 0.4) is 0 Å². The minimum atomic E-state index is -0.196. The Morgan fingerprint density at radius 3 is 2.90 bits per heavy atom. The quantitative estimate of drug-likeness (QED) is 0.566. The molecule has 20 heavy (non-hydrogen) atoms. The van der Waals surface area contributed by atoms with E-state index in [2.05, 4.69) is 5.92 Å². The molecule has 0 aromatic rings. The van der Waals surface area contributed by atoms with Gasteiger partial charge in [-0.05, 0) is 35.8 Å². The van der Waals surface area contributed by atoms with Crippen molar-refractivity contribution in [2.24, 2.45) is 23.2 Å². The average Bonchev–Trinajstić information content (AvgIpc) is 2.70. The Balaban J connectivity index is 1.96. The van der Waals surface area contributed by atoms with Crippen molar-refractivity contribution in [2.75, 3.05) is 0 Å². The van der Waals surface area contributed by atoms with Crippen LogP contribution in [-0.2, 0) is 9.53 Å². The zero-order valence-electron chi connectivity index (χ0n) is 11.7. The van der Waals surface area contributed by atoms with Crippen molar-refractivity contribution >= 4 is 29.2 Å². The number of ether oxygens (including phenoxy) is 1. The smallest absolute Gasteiger partial charge is 0.315 e. The third kappa shape index (κ3) is 3.22. The summed E-state index contributed by atoms with van der Waals surface area (Å²) in [6.45, 7) is 4.03. The highest BCUT2D eigenvalue weighted by atomic mass is 35.5. The zero-order chi connectivity index (χ0) is 14.9. The fourth-order valence-corrected chi connectivity index (χ4v) is 3.19. The van der Waals surface area contributed by atoms with E-state index in [1.807, 2.05) is 19.9 Å². The van der Waals surface area contributed by atoms with Crippen LogP contribution in [0.1, 0.15) is 33.1 Å². The van der Waals surface area contributed by atoms with Crippen LogP contribution in [0.25, 0.3) is 0 Å². The molecule has 0 spiro atoms. The van der Waals surface area contributed by atoms with Gasteiger partial charge in [-0.25, -0.2) is 0 Å². The summed E-state index contributed by atoms with van der Waals surface area (Å²) < 4.78 is 5.70. The monoisotopic (exact) mass is 312 g/mol. The first kappa shape index (κ1) is 15.5. The third-order valence-corrected chi connectivity index (χ3v) is 4.52. The summed E-state index contributed by atoms with van der Waals surface area (Å²) in [6.07, 6.45) is 11.4. The minimum Gasteiger partial charge on any atom is -0.431 e. The Bertz CT molecular complexity index is 507. The van der Waals surface area contributed by atoms with E-state index in [1.165, 1.54) is 0 Å². The molecule has 0 aromatic heterocycles. The van der Waals surface area contributed by atoms with Crippen molar-refractivity contribution in [1.29, 1.82) is 0 Å². The van der Waals surface area contributed by atoms with Gasteiger partial charge in [0.25, 0.3) is 0 Å². The highest BCUT2D eigenvalue weighted by Gasteiger charge is 2.61. The molecule has 1 saturated carbocycles. The van der Waals surface area contributed by atoms with Crippen LogP contribution in [0, 0.1) is 35.5 Å². The molecule has 1 unspecified atom stereocenters. The molecule has 2 aliphatic rings. The topological polar surface area (TPSA) is 26.3 Å². The van der Waals surface area contributed by atoms with Gasteiger partial charge in [0.1, 0.15) is 10.3 Å². The van der Waals surface area contributed by atoms with Crippen molar-refractivity contribution in [2.45, 2.75) is 33.1 Å². The Morgan fingerprint density at radius 1 is 1.60 bits per heavy atom. The standard InChI is InChI=1S/C16H18Cl2O2/c1-4-5-10-6-7-11(8-10)20-15(19)14-12(9-13(17)18)16(14,2)3/h1,8-10,12,14H,5-7H2,2-3H3/t10?,12-,14+/m1/s1. The van der Waals surface area contributed by atoms with E-state index in [4.69, 9.17) is 34.4 Å². The van der Waals surface area contributed by atoms with Gasteiger partial charge >= 0.3 is 5.97 Å². The average molecular weight is 313 g/mol. The van der Waals surface area contributed by atoms with E-state index in [-0.39, 0.29) is 27.7 Å². The van der Waals surface area contributed by atoms with E-state index in [1.54, 1.807) is 6.08 Å². The molecule has 0 aromatic carbocycles. The molecule has 4 heteroatoms. The van der Waals surface area contributed by atoms with E-state index >= 15 is 0 Å². The number of hydrogen-bond acceptors (Lipinski definition) is 2. The molecular weight excluding hydrogens is 295 g/mol. The van der Waals surface area contributed by atoms with Gasteiger partial charge in [-0.3, -0.25) is 4.79 Å². The number of hydrogen-bond donors (Lipinski definition) is 0. The van der Waals surface area contributed by atoms with Crippen molar-refractivity contribution in [3.8, 4) is 12.3 Å². The van der Waals surface area contributed by atoms with Gasteiger partial charge in [-0.15, -0.1) is 12.3 Å². The van der Waals surface area contributed by atoms with E-state index in [9.17, 15) is 4.79 Å². The predicted molar refractivity (Wildman–Crippen MR) is 80.9 cm³/mol.